The second kappa shape index (κ2) is 12.9. The Balaban J connectivity index is 1.34. The van der Waals surface area contributed by atoms with Gasteiger partial charge in [-0.2, -0.15) is 26.3 Å². The number of pyridine rings is 1. The minimum absolute atomic E-state index is 0.0432. The van der Waals surface area contributed by atoms with E-state index in [2.05, 4.69) is 4.90 Å². The van der Waals surface area contributed by atoms with Crippen LogP contribution in [0, 0.1) is 5.92 Å². The molecule has 1 aliphatic carbocycles. The van der Waals surface area contributed by atoms with Crippen LogP contribution in [0.5, 0.6) is 5.75 Å². The number of methoxy groups -OCH3 is 1. The van der Waals surface area contributed by atoms with E-state index in [0.29, 0.717) is 40.5 Å². The van der Waals surface area contributed by atoms with Crippen molar-refractivity contribution < 1.29 is 50.8 Å². The number of hydrogen-bond acceptors (Lipinski definition) is 7. The molecule has 0 amide bonds. The molecule has 6 rings (SSSR count). The van der Waals surface area contributed by atoms with Crippen LogP contribution in [0.4, 0.5) is 32.2 Å². The summed E-state index contributed by atoms with van der Waals surface area (Å²) in [6, 6.07) is 9.99. The first-order valence-electron chi connectivity index (χ1n) is 15.7. The number of anilines is 1. The number of aliphatic hydroxyl groups excluding tert-OH is 1. The van der Waals surface area contributed by atoms with Crippen LogP contribution in [0.15, 0.2) is 48.5 Å². The van der Waals surface area contributed by atoms with Crippen LogP contribution in [0.3, 0.4) is 0 Å². The number of alkyl halides is 6. The fourth-order valence-electron chi connectivity index (χ4n) is 6.78. The predicted molar refractivity (Wildman–Crippen MR) is 162 cm³/mol. The van der Waals surface area contributed by atoms with Crippen LogP contribution in [0.1, 0.15) is 72.6 Å². The predicted octanol–water partition coefficient (Wildman–Crippen LogP) is 7.21. The number of aromatic nitrogens is 1. The van der Waals surface area contributed by atoms with E-state index < -0.39 is 48.0 Å². The van der Waals surface area contributed by atoms with Gasteiger partial charge < -0.3 is 24.6 Å². The molecule has 2 saturated heterocycles. The Labute approximate surface area is 272 Å². The summed E-state index contributed by atoms with van der Waals surface area (Å²) in [7, 11) is 1.53. The van der Waals surface area contributed by atoms with Gasteiger partial charge in [0.2, 0.25) is 6.41 Å². The van der Waals surface area contributed by atoms with Crippen molar-refractivity contribution in [1.82, 2.24) is 9.88 Å². The zero-order valence-corrected chi connectivity index (χ0v) is 26.2. The van der Waals surface area contributed by atoms with Gasteiger partial charge in [0.25, 0.3) is 0 Å². The average Bonchev–Trinajstić information content (AvgIpc) is 3.25. The molecule has 0 bridgehead atoms. The lowest BCUT2D eigenvalue weighted by Gasteiger charge is -2.35. The van der Waals surface area contributed by atoms with Crippen molar-refractivity contribution >= 4 is 11.8 Å². The van der Waals surface area contributed by atoms with E-state index in [9.17, 15) is 36.2 Å². The second-order valence-electron chi connectivity index (χ2n) is 12.7. The fourth-order valence-corrected chi connectivity index (χ4v) is 6.78. The van der Waals surface area contributed by atoms with Crippen LogP contribution >= 0.6 is 0 Å². The van der Waals surface area contributed by atoms with Gasteiger partial charge in [0.15, 0.2) is 0 Å². The van der Waals surface area contributed by atoms with Gasteiger partial charge in [-0.15, -0.1) is 0 Å². The standard InChI is InChI=1S/C34H35F6N3O5/c1-18-31(22-13-23(33(35,36)37)16-24(14-22)34(38,39)40)48-32(46)43(18)17-27-25(5-7-29(41-27)42-8-3-9-42)26-15-20(4-6-28(26)47-2)21-10-19(11-21)12-30(44)45/h4-7,13-16,18-19,21,31-32,46H,3,8-12,17H2,1-2H3,(H,44,45)/t18-,19-,21+,31-,32?/m0/s1. The van der Waals surface area contributed by atoms with Crippen LogP contribution in [0.2, 0.25) is 0 Å². The number of carboxylic acids is 1. The van der Waals surface area contributed by atoms with Crippen molar-refractivity contribution in [3.05, 3.63) is 76.5 Å². The monoisotopic (exact) mass is 679 g/mol. The molecule has 1 unspecified atom stereocenters. The molecule has 3 heterocycles. The van der Waals surface area contributed by atoms with Gasteiger partial charge in [-0.3, -0.25) is 4.79 Å². The van der Waals surface area contributed by atoms with Gasteiger partial charge in [0, 0.05) is 43.2 Å². The van der Waals surface area contributed by atoms with Crippen molar-refractivity contribution in [1.29, 1.82) is 0 Å². The largest absolute Gasteiger partial charge is 0.496 e. The summed E-state index contributed by atoms with van der Waals surface area (Å²) < 4.78 is 93.1. The lowest BCUT2D eigenvalue weighted by molar-refractivity contribution is -0.154. The first-order valence-corrected chi connectivity index (χ1v) is 15.7. The Morgan fingerprint density at radius 1 is 0.958 bits per heavy atom. The Bertz CT molecular complexity index is 1640. The molecule has 14 heteroatoms. The third-order valence-electron chi connectivity index (χ3n) is 9.61. The van der Waals surface area contributed by atoms with Crippen LogP contribution in [-0.4, -0.2) is 58.7 Å². The minimum atomic E-state index is -5.03. The highest BCUT2D eigenvalue weighted by atomic mass is 19.4. The fraction of sp³-hybridized carbons (Fsp3) is 0.471. The minimum Gasteiger partial charge on any atom is -0.496 e. The maximum absolute atomic E-state index is 13.6. The van der Waals surface area contributed by atoms with Gasteiger partial charge in [-0.05, 0) is 91.6 Å². The molecular formula is C34H35F6N3O5. The van der Waals surface area contributed by atoms with Crippen molar-refractivity contribution in [2.45, 2.75) is 76.0 Å². The first kappa shape index (κ1) is 34.0. The van der Waals surface area contributed by atoms with E-state index in [1.807, 2.05) is 30.3 Å². The lowest BCUT2D eigenvalue weighted by atomic mass is 9.70. The Morgan fingerprint density at radius 2 is 1.62 bits per heavy atom. The molecule has 2 N–H and O–H groups in total. The SMILES string of the molecule is COc1ccc([C@H]2C[C@@H](CC(=O)O)C2)cc1-c1ccc(N2CCC2)nc1CN1C(O)O[C@H](c2cc(C(F)(F)F)cc(C(F)(F)F)c2)[C@@H]1C. The summed E-state index contributed by atoms with van der Waals surface area (Å²) in [4.78, 5) is 19.6. The molecule has 3 fully saturated rings. The average molecular weight is 680 g/mol. The zero-order valence-electron chi connectivity index (χ0n) is 26.2. The number of halogens is 6. The van der Waals surface area contributed by atoms with E-state index >= 15 is 0 Å². The Morgan fingerprint density at radius 3 is 2.19 bits per heavy atom. The molecule has 2 aromatic carbocycles. The molecule has 48 heavy (non-hydrogen) atoms. The summed E-state index contributed by atoms with van der Waals surface area (Å²) >= 11 is 0. The number of carbonyl (C=O) groups is 1. The van der Waals surface area contributed by atoms with Crippen molar-refractivity contribution in [2.24, 2.45) is 5.92 Å². The number of ether oxygens (including phenoxy) is 2. The number of carboxylic acid groups (broad SMARTS) is 1. The van der Waals surface area contributed by atoms with E-state index in [4.69, 9.17) is 19.6 Å². The highest BCUT2D eigenvalue weighted by Crippen LogP contribution is 2.47. The molecule has 1 aromatic heterocycles. The number of aliphatic hydroxyl groups is 1. The summed E-state index contributed by atoms with van der Waals surface area (Å²) in [6.45, 7) is 3.13. The van der Waals surface area contributed by atoms with Gasteiger partial charge in [0.1, 0.15) is 17.7 Å². The molecule has 3 aliphatic rings. The third-order valence-corrected chi connectivity index (χ3v) is 9.61. The molecule has 0 spiro atoms. The third kappa shape index (κ3) is 6.83. The molecule has 258 valence electrons. The van der Waals surface area contributed by atoms with Crippen molar-refractivity contribution in [3.8, 4) is 16.9 Å². The van der Waals surface area contributed by atoms with Gasteiger partial charge in [0.05, 0.1) is 23.9 Å². The summed E-state index contributed by atoms with van der Waals surface area (Å²) in [5, 5.41) is 20.2. The topological polar surface area (TPSA) is 95.4 Å². The normalized spacial score (nSPS) is 24.7. The highest BCUT2D eigenvalue weighted by molar-refractivity contribution is 5.74. The van der Waals surface area contributed by atoms with Crippen molar-refractivity contribution in [3.63, 3.8) is 0 Å². The molecule has 0 radical (unpaired) electrons. The molecule has 1 saturated carbocycles. The lowest BCUT2D eigenvalue weighted by Crippen LogP contribution is -2.38. The number of aliphatic carboxylic acids is 1. The van der Waals surface area contributed by atoms with Crippen molar-refractivity contribution in [2.75, 3.05) is 25.1 Å². The van der Waals surface area contributed by atoms with E-state index in [-0.39, 0.29) is 36.4 Å². The first-order chi connectivity index (χ1) is 22.6. The maximum atomic E-state index is 13.6. The molecule has 3 aromatic rings. The van der Waals surface area contributed by atoms with E-state index in [1.165, 1.54) is 12.0 Å². The van der Waals surface area contributed by atoms with Crippen LogP contribution in [-0.2, 0) is 28.4 Å². The van der Waals surface area contributed by atoms with Gasteiger partial charge >= 0.3 is 18.3 Å². The Kier molecular flexibility index (Phi) is 9.11. The summed E-state index contributed by atoms with van der Waals surface area (Å²) in [5.74, 6) is 0.677. The quantitative estimate of drug-likeness (QED) is 0.229. The summed E-state index contributed by atoms with van der Waals surface area (Å²) in [5.41, 5.74) is -0.396. The number of nitrogens with zero attached hydrogens (tertiary/aromatic N) is 3. The summed E-state index contributed by atoms with van der Waals surface area (Å²) in [6.07, 6.45) is -10.4. The maximum Gasteiger partial charge on any atom is 0.416 e. The smallest absolute Gasteiger partial charge is 0.416 e. The molecule has 3 atom stereocenters. The van der Waals surface area contributed by atoms with Crippen LogP contribution < -0.4 is 9.64 Å². The highest BCUT2D eigenvalue weighted by Gasteiger charge is 2.43. The molecular weight excluding hydrogens is 644 g/mol. The number of hydrogen-bond donors (Lipinski definition) is 2. The van der Waals surface area contributed by atoms with Crippen LogP contribution in [0.25, 0.3) is 11.1 Å². The molecule has 8 nitrogen and oxygen atoms in total. The number of benzene rings is 2. The van der Waals surface area contributed by atoms with Gasteiger partial charge in [-0.1, -0.05) is 6.07 Å². The van der Waals surface area contributed by atoms with E-state index in [1.54, 1.807) is 6.92 Å². The number of rotatable bonds is 9. The van der Waals surface area contributed by atoms with E-state index in [0.717, 1.165) is 37.9 Å². The Hall–Kier alpha value is -3.88. The van der Waals surface area contributed by atoms with Gasteiger partial charge in [-0.25, -0.2) is 9.88 Å². The molecule has 2 aliphatic heterocycles. The second-order valence-corrected chi connectivity index (χ2v) is 12.7. The zero-order chi connectivity index (χ0) is 34.5.